The Morgan fingerprint density at radius 1 is 1.28 bits per heavy atom. The van der Waals surface area contributed by atoms with Crippen molar-refractivity contribution in [2.24, 2.45) is 11.7 Å². The summed E-state index contributed by atoms with van der Waals surface area (Å²) in [5.41, 5.74) is 7.40. The lowest BCUT2D eigenvalue weighted by atomic mass is 9.94. The van der Waals surface area contributed by atoms with Crippen LogP contribution in [0.1, 0.15) is 32.3 Å². The molecule has 0 unspecified atom stereocenters. The topological polar surface area (TPSA) is 29.3 Å². The Kier molecular flexibility index (Phi) is 5.64. The van der Waals surface area contributed by atoms with Gasteiger partial charge in [-0.1, -0.05) is 30.3 Å². The summed E-state index contributed by atoms with van der Waals surface area (Å²) in [6, 6.07) is 10.8. The van der Waals surface area contributed by atoms with E-state index in [1.54, 1.807) is 0 Å². The van der Waals surface area contributed by atoms with Crippen LogP contribution >= 0.6 is 12.4 Å². The molecule has 0 amide bonds. The first kappa shape index (κ1) is 15.5. The zero-order valence-electron chi connectivity index (χ0n) is 11.4. The molecule has 102 valence electrons. The maximum Gasteiger partial charge on any atom is 0.0239 e. The van der Waals surface area contributed by atoms with Crippen LogP contribution in [0, 0.1) is 5.92 Å². The number of hydrogen-bond donors (Lipinski definition) is 1. The first-order valence-electron chi connectivity index (χ1n) is 6.61. The van der Waals surface area contributed by atoms with Crippen molar-refractivity contribution in [1.29, 1.82) is 0 Å². The van der Waals surface area contributed by atoms with Gasteiger partial charge in [-0.25, -0.2) is 0 Å². The predicted octanol–water partition coefficient (Wildman–Crippen LogP) is 3.06. The minimum atomic E-state index is 0. The first-order valence-corrected chi connectivity index (χ1v) is 6.61. The van der Waals surface area contributed by atoms with E-state index in [0.29, 0.717) is 5.54 Å². The molecule has 1 fully saturated rings. The van der Waals surface area contributed by atoms with Crippen molar-refractivity contribution in [1.82, 2.24) is 4.90 Å². The molecular weight excluding hydrogens is 244 g/mol. The molecule has 0 aliphatic carbocycles. The summed E-state index contributed by atoms with van der Waals surface area (Å²) in [5, 5.41) is 0. The fourth-order valence-electron chi connectivity index (χ4n) is 2.97. The molecule has 3 heteroatoms. The van der Waals surface area contributed by atoms with Crippen LogP contribution in [0.15, 0.2) is 30.3 Å². The zero-order chi connectivity index (χ0) is 12.3. The zero-order valence-corrected chi connectivity index (χ0v) is 12.2. The van der Waals surface area contributed by atoms with Crippen LogP contribution in [0.25, 0.3) is 0 Å². The van der Waals surface area contributed by atoms with Crippen LogP contribution in [0.5, 0.6) is 0 Å². The second-order valence-corrected chi connectivity index (χ2v) is 5.83. The summed E-state index contributed by atoms with van der Waals surface area (Å²) in [7, 11) is 0. The molecule has 1 saturated heterocycles. The summed E-state index contributed by atoms with van der Waals surface area (Å²) in [6.45, 7) is 7.78. The molecule has 2 N–H and O–H groups in total. The molecule has 1 aliphatic heterocycles. The normalized spacial score (nSPS) is 22.7. The van der Waals surface area contributed by atoms with E-state index in [4.69, 9.17) is 5.73 Å². The lowest BCUT2D eigenvalue weighted by Gasteiger charge is -2.31. The van der Waals surface area contributed by atoms with E-state index in [1.165, 1.54) is 18.5 Å². The van der Waals surface area contributed by atoms with Crippen molar-refractivity contribution in [3.63, 3.8) is 0 Å². The lowest BCUT2D eigenvalue weighted by Crippen LogP contribution is -2.37. The maximum absolute atomic E-state index is 5.68. The first-order chi connectivity index (χ1) is 8.12. The van der Waals surface area contributed by atoms with Gasteiger partial charge in [0.1, 0.15) is 0 Å². The fraction of sp³-hybridized carbons (Fsp3) is 0.600. The van der Waals surface area contributed by atoms with Crippen LogP contribution < -0.4 is 5.73 Å². The van der Waals surface area contributed by atoms with E-state index in [0.717, 1.165) is 25.4 Å². The van der Waals surface area contributed by atoms with Crippen molar-refractivity contribution < 1.29 is 0 Å². The highest BCUT2D eigenvalue weighted by Crippen LogP contribution is 2.35. The minimum absolute atomic E-state index is 0. The van der Waals surface area contributed by atoms with Crippen molar-refractivity contribution in [2.45, 2.75) is 38.8 Å². The summed E-state index contributed by atoms with van der Waals surface area (Å²) in [5.74, 6) is 0.777. The second-order valence-electron chi connectivity index (χ2n) is 5.83. The number of nitrogens with zero attached hydrogens (tertiary/aromatic N) is 1. The number of rotatable bonds is 4. The molecular formula is C15H25ClN2. The number of likely N-dealkylation sites (tertiary alicyclic amines) is 1. The van der Waals surface area contributed by atoms with Crippen molar-refractivity contribution in [3.05, 3.63) is 35.9 Å². The van der Waals surface area contributed by atoms with Gasteiger partial charge in [0.25, 0.3) is 0 Å². The fourth-order valence-corrected chi connectivity index (χ4v) is 2.97. The molecule has 1 atom stereocenters. The molecule has 0 aromatic heterocycles. The van der Waals surface area contributed by atoms with E-state index < -0.39 is 0 Å². The number of hydrogen-bond acceptors (Lipinski definition) is 2. The molecule has 0 spiro atoms. The minimum Gasteiger partial charge on any atom is -0.330 e. The highest BCUT2D eigenvalue weighted by atomic mass is 35.5. The van der Waals surface area contributed by atoms with Gasteiger partial charge < -0.3 is 5.73 Å². The molecule has 1 heterocycles. The highest BCUT2D eigenvalue weighted by molar-refractivity contribution is 5.85. The van der Waals surface area contributed by atoms with Gasteiger partial charge in [0.15, 0.2) is 0 Å². The third-order valence-corrected chi connectivity index (χ3v) is 3.91. The van der Waals surface area contributed by atoms with Crippen LogP contribution in [-0.4, -0.2) is 23.5 Å². The smallest absolute Gasteiger partial charge is 0.0239 e. The van der Waals surface area contributed by atoms with Crippen LogP contribution in [0.2, 0.25) is 0 Å². The molecule has 18 heavy (non-hydrogen) atoms. The quantitative estimate of drug-likeness (QED) is 0.909. The van der Waals surface area contributed by atoms with E-state index in [2.05, 4.69) is 49.1 Å². The molecule has 1 aromatic carbocycles. The maximum atomic E-state index is 5.68. The summed E-state index contributed by atoms with van der Waals surface area (Å²) in [4.78, 5) is 2.60. The molecule has 1 aromatic rings. The van der Waals surface area contributed by atoms with Gasteiger partial charge in [0.05, 0.1) is 0 Å². The van der Waals surface area contributed by atoms with Crippen molar-refractivity contribution in [3.8, 4) is 0 Å². The van der Waals surface area contributed by atoms with Crippen LogP contribution in [-0.2, 0) is 6.54 Å². The van der Waals surface area contributed by atoms with Crippen molar-refractivity contribution in [2.75, 3.05) is 13.1 Å². The number of halogens is 1. The summed E-state index contributed by atoms with van der Waals surface area (Å²) in [6.07, 6.45) is 2.44. The van der Waals surface area contributed by atoms with E-state index in [9.17, 15) is 0 Å². The monoisotopic (exact) mass is 268 g/mol. The SMILES string of the molecule is CC1(C)C[C@H](CCN)CN1Cc1ccccc1.Cl. The summed E-state index contributed by atoms with van der Waals surface area (Å²) < 4.78 is 0. The van der Waals surface area contributed by atoms with Crippen LogP contribution in [0.3, 0.4) is 0 Å². The number of nitrogens with two attached hydrogens (primary N) is 1. The largest absolute Gasteiger partial charge is 0.330 e. The third-order valence-electron chi connectivity index (χ3n) is 3.91. The standard InChI is InChI=1S/C15H24N2.ClH/c1-15(2)10-14(8-9-16)12-17(15)11-13-6-4-3-5-7-13;/h3-7,14H,8-12,16H2,1-2H3;1H/t14-;/m0./s1. The van der Waals surface area contributed by atoms with Gasteiger partial charge in [0.2, 0.25) is 0 Å². The summed E-state index contributed by atoms with van der Waals surface area (Å²) >= 11 is 0. The Hall–Kier alpha value is -0.570. The predicted molar refractivity (Wildman–Crippen MR) is 80.0 cm³/mol. The Labute approximate surface area is 117 Å². The van der Waals surface area contributed by atoms with Gasteiger partial charge in [-0.2, -0.15) is 0 Å². The Balaban J connectivity index is 0.00000162. The van der Waals surface area contributed by atoms with Gasteiger partial charge >= 0.3 is 0 Å². The van der Waals surface area contributed by atoms with E-state index in [1.807, 2.05) is 0 Å². The van der Waals surface area contributed by atoms with Gasteiger partial charge in [-0.15, -0.1) is 12.4 Å². The molecule has 2 nitrogen and oxygen atoms in total. The average Bonchev–Trinajstić information content (AvgIpc) is 2.55. The number of benzene rings is 1. The van der Waals surface area contributed by atoms with E-state index in [-0.39, 0.29) is 12.4 Å². The lowest BCUT2D eigenvalue weighted by molar-refractivity contribution is 0.166. The molecule has 0 bridgehead atoms. The van der Waals surface area contributed by atoms with Gasteiger partial charge in [-0.05, 0) is 44.7 Å². The van der Waals surface area contributed by atoms with Crippen LogP contribution in [0.4, 0.5) is 0 Å². The Morgan fingerprint density at radius 2 is 1.94 bits per heavy atom. The van der Waals surface area contributed by atoms with E-state index >= 15 is 0 Å². The molecule has 1 aliphatic rings. The Bertz CT molecular complexity index is 351. The van der Waals surface area contributed by atoms with Gasteiger partial charge in [0, 0.05) is 18.6 Å². The third kappa shape index (κ3) is 3.71. The van der Waals surface area contributed by atoms with Crippen molar-refractivity contribution >= 4 is 12.4 Å². The average molecular weight is 269 g/mol. The molecule has 0 radical (unpaired) electrons. The molecule has 0 saturated carbocycles. The molecule has 2 rings (SSSR count). The van der Waals surface area contributed by atoms with Gasteiger partial charge in [-0.3, -0.25) is 4.90 Å². The highest BCUT2D eigenvalue weighted by Gasteiger charge is 2.37. The second kappa shape index (κ2) is 6.55. The Morgan fingerprint density at radius 3 is 2.56 bits per heavy atom.